The van der Waals surface area contributed by atoms with E-state index in [9.17, 15) is 4.79 Å². The molecule has 0 atom stereocenters. The minimum absolute atomic E-state index is 0.558. The molecule has 0 saturated heterocycles. The first-order chi connectivity index (χ1) is 9.78. The molecule has 104 valence electrons. The molecule has 3 heteroatoms. The Balaban J connectivity index is 2.27. The average Bonchev–Trinajstić information content (AvgIpc) is 2.52. The second-order valence-corrected chi connectivity index (χ2v) is 4.51. The van der Waals surface area contributed by atoms with E-state index >= 15 is 0 Å². The SMILES string of the molecule is COc1cc(CCc2ccccc2)c(C=O)c(OC)c1. The van der Waals surface area contributed by atoms with Gasteiger partial charge in [-0.3, -0.25) is 4.79 Å². The standard InChI is InChI=1S/C17H18O3/c1-19-15-10-14(16(12-18)17(11-15)20-2)9-8-13-6-4-3-5-7-13/h3-7,10-12H,8-9H2,1-2H3. The highest BCUT2D eigenvalue weighted by molar-refractivity contribution is 5.82. The maximum Gasteiger partial charge on any atom is 0.154 e. The van der Waals surface area contributed by atoms with Crippen LogP contribution in [0.2, 0.25) is 0 Å². The van der Waals surface area contributed by atoms with Crippen molar-refractivity contribution < 1.29 is 14.3 Å². The van der Waals surface area contributed by atoms with Crippen LogP contribution in [0.5, 0.6) is 11.5 Å². The van der Waals surface area contributed by atoms with Gasteiger partial charge in [0.25, 0.3) is 0 Å². The maximum atomic E-state index is 11.3. The number of carbonyl (C=O) groups excluding carboxylic acids is 1. The van der Waals surface area contributed by atoms with Crippen molar-refractivity contribution in [3.63, 3.8) is 0 Å². The number of hydrogen-bond donors (Lipinski definition) is 0. The normalized spacial score (nSPS) is 10.1. The molecular formula is C17H18O3. The monoisotopic (exact) mass is 270 g/mol. The fourth-order valence-corrected chi connectivity index (χ4v) is 2.21. The van der Waals surface area contributed by atoms with E-state index in [1.807, 2.05) is 24.3 Å². The van der Waals surface area contributed by atoms with Gasteiger partial charge in [0, 0.05) is 6.07 Å². The number of rotatable bonds is 6. The highest BCUT2D eigenvalue weighted by Gasteiger charge is 2.11. The van der Waals surface area contributed by atoms with Gasteiger partial charge in [0.15, 0.2) is 6.29 Å². The predicted molar refractivity (Wildman–Crippen MR) is 78.8 cm³/mol. The van der Waals surface area contributed by atoms with E-state index in [0.29, 0.717) is 17.1 Å². The van der Waals surface area contributed by atoms with Crippen LogP contribution in [0.15, 0.2) is 42.5 Å². The number of aldehydes is 1. The van der Waals surface area contributed by atoms with Crippen LogP contribution >= 0.6 is 0 Å². The molecule has 3 nitrogen and oxygen atoms in total. The minimum atomic E-state index is 0.558. The van der Waals surface area contributed by atoms with E-state index in [0.717, 1.165) is 24.7 Å². The quantitative estimate of drug-likeness (QED) is 0.755. The Morgan fingerprint density at radius 2 is 1.75 bits per heavy atom. The smallest absolute Gasteiger partial charge is 0.154 e. The first-order valence-electron chi connectivity index (χ1n) is 6.52. The second kappa shape index (κ2) is 6.75. The fourth-order valence-electron chi connectivity index (χ4n) is 2.21. The summed E-state index contributed by atoms with van der Waals surface area (Å²) in [6, 6.07) is 13.8. The van der Waals surface area contributed by atoms with Crippen molar-refractivity contribution in [2.45, 2.75) is 12.8 Å². The van der Waals surface area contributed by atoms with E-state index in [1.165, 1.54) is 5.56 Å². The Hall–Kier alpha value is -2.29. The van der Waals surface area contributed by atoms with E-state index < -0.39 is 0 Å². The highest BCUT2D eigenvalue weighted by atomic mass is 16.5. The summed E-state index contributed by atoms with van der Waals surface area (Å²) >= 11 is 0. The predicted octanol–water partition coefficient (Wildman–Crippen LogP) is 3.30. The van der Waals surface area contributed by atoms with E-state index in [1.54, 1.807) is 20.3 Å². The third-order valence-corrected chi connectivity index (χ3v) is 3.30. The zero-order chi connectivity index (χ0) is 14.4. The minimum Gasteiger partial charge on any atom is -0.497 e. The lowest BCUT2D eigenvalue weighted by molar-refractivity contribution is 0.111. The first kappa shape index (κ1) is 14.1. The molecule has 0 aliphatic rings. The largest absolute Gasteiger partial charge is 0.497 e. The van der Waals surface area contributed by atoms with E-state index in [4.69, 9.17) is 9.47 Å². The van der Waals surface area contributed by atoms with E-state index in [2.05, 4.69) is 12.1 Å². The summed E-state index contributed by atoms with van der Waals surface area (Å²) < 4.78 is 10.5. The third-order valence-electron chi connectivity index (χ3n) is 3.30. The van der Waals surface area contributed by atoms with Crippen LogP contribution < -0.4 is 9.47 Å². The molecule has 0 aliphatic heterocycles. The number of methoxy groups -OCH3 is 2. The molecular weight excluding hydrogens is 252 g/mol. The molecule has 0 aromatic heterocycles. The van der Waals surface area contributed by atoms with Gasteiger partial charge in [-0.2, -0.15) is 0 Å². The molecule has 20 heavy (non-hydrogen) atoms. The topological polar surface area (TPSA) is 35.5 Å². The Kier molecular flexibility index (Phi) is 4.77. The van der Waals surface area contributed by atoms with Crippen LogP contribution in [0.1, 0.15) is 21.5 Å². The molecule has 0 aliphatic carbocycles. The zero-order valence-electron chi connectivity index (χ0n) is 11.8. The van der Waals surface area contributed by atoms with Gasteiger partial charge in [0.05, 0.1) is 19.8 Å². The van der Waals surface area contributed by atoms with Crippen molar-refractivity contribution >= 4 is 6.29 Å². The van der Waals surface area contributed by atoms with Crippen molar-refractivity contribution in [3.05, 3.63) is 59.2 Å². The Morgan fingerprint density at radius 1 is 1.00 bits per heavy atom. The van der Waals surface area contributed by atoms with Crippen LogP contribution in [0.4, 0.5) is 0 Å². The summed E-state index contributed by atoms with van der Waals surface area (Å²) in [6.45, 7) is 0. The lowest BCUT2D eigenvalue weighted by Gasteiger charge is -2.12. The molecule has 0 amide bonds. The molecule has 2 rings (SSSR count). The molecule has 0 radical (unpaired) electrons. The molecule has 0 unspecified atom stereocenters. The summed E-state index contributed by atoms with van der Waals surface area (Å²) in [5, 5.41) is 0. The lowest BCUT2D eigenvalue weighted by Crippen LogP contribution is -2.01. The Bertz CT molecular complexity index is 576. The highest BCUT2D eigenvalue weighted by Crippen LogP contribution is 2.28. The Labute approximate surface area is 119 Å². The van der Waals surface area contributed by atoms with Crippen LogP contribution in [-0.2, 0) is 12.8 Å². The summed E-state index contributed by atoms with van der Waals surface area (Å²) in [6.07, 6.45) is 2.49. The molecule has 0 saturated carbocycles. The molecule has 2 aromatic carbocycles. The molecule has 0 bridgehead atoms. The number of benzene rings is 2. The molecule has 0 heterocycles. The van der Waals surface area contributed by atoms with Crippen molar-refractivity contribution in [3.8, 4) is 11.5 Å². The number of hydrogen-bond acceptors (Lipinski definition) is 3. The van der Waals surface area contributed by atoms with Gasteiger partial charge < -0.3 is 9.47 Å². The second-order valence-electron chi connectivity index (χ2n) is 4.51. The van der Waals surface area contributed by atoms with Crippen LogP contribution in [0, 0.1) is 0 Å². The van der Waals surface area contributed by atoms with Crippen LogP contribution in [0.3, 0.4) is 0 Å². The van der Waals surface area contributed by atoms with Gasteiger partial charge in [-0.1, -0.05) is 30.3 Å². The molecule has 2 aromatic rings. The van der Waals surface area contributed by atoms with Gasteiger partial charge >= 0.3 is 0 Å². The van der Waals surface area contributed by atoms with Gasteiger partial charge in [0.1, 0.15) is 11.5 Å². The molecule has 0 fully saturated rings. The third kappa shape index (κ3) is 3.18. The van der Waals surface area contributed by atoms with Crippen LogP contribution in [-0.4, -0.2) is 20.5 Å². The summed E-state index contributed by atoms with van der Waals surface area (Å²) in [5.41, 5.74) is 2.79. The fraction of sp³-hybridized carbons (Fsp3) is 0.235. The summed E-state index contributed by atoms with van der Waals surface area (Å²) in [5.74, 6) is 1.26. The van der Waals surface area contributed by atoms with Crippen LogP contribution in [0.25, 0.3) is 0 Å². The molecule has 0 spiro atoms. The summed E-state index contributed by atoms with van der Waals surface area (Å²) in [7, 11) is 3.17. The number of carbonyl (C=O) groups is 1. The Morgan fingerprint density at radius 3 is 2.35 bits per heavy atom. The van der Waals surface area contributed by atoms with Crippen molar-refractivity contribution in [2.75, 3.05) is 14.2 Å². The van der Waals surface area contributed by atoms with Crippen molar-refractivity contribution in [1.82, 2.24) is 0 Å². The summed E-state index contributed by atoms with van der Waals surface area (Å²) in [4.78, 5) is 11.3. The zero-order valence-corrected chi connectivity index (χ0v) is 11.8. The van der Waals surface area contributed by atoms with Crippen molar-refractivity contribution in [1.29, 1.82) is 0 Å². The van der Waals surface area contributed by atoms with Gasteiger partial charge in [-0.05, 0) is 30.0 Å². The van der Waals surface area contributed by atoms with Gasteiger partial charge in [-0.25, -0.2) is 0 Å². The van der Waals surface area contributed by atoms with Gasteiger partial charge in [0.2, 0.25) is 0 Å². The van der Waals surface area contributed by atoms with Crippen molar-refractivity contribution in [2.24, 2.45) is 0 Å². The average molecular weight is 270 g/mol. The first-order valence-corrected chi connectivity index (χ1v) is 6.52. The lowest BCUT2D eigenvalue weighted by atomic mass is 9.99. The van der Waals surface area contributed by atoms with Gasteiger partial charge in [-0.15, -0.1) is 0 Å². The maximum absolute atomic E-state index is 11.3. The molecule has 0 N–H and O–H groups in total. The number of ether oxygens (including phenoxy) is 2. The van der Waals surface area contributed by atoms with E-state index in [-0.39, 0.29) is 0 Å². The number of aryl methyl sites for hydroxylation is 2.